The maximum Gasteiger partial charge on any atom is 0.326 e. The Kier molecular flexibility index (Phi) is 8.56. The first-order valence-electron chi connectivity index (χ1n) is 9.76. The molecule has 1 amide bonds. The average Bonchev–Trinajstić information content (AvgIpc) is 2.68. The van der Waals surface area contributed by atoms with E-state index in [0.29, 0.717) is 5.56 Å². The molecule has 0 fully saturated rings. The number of carboxylic acids is 1. The molecule has 0 saturated heterocycles. The van der Waals surface area contributed by atoms with Crippen molar-refractivity contribution in [3.05, 3.63) is 71.3 Å². The standard InChI is InChI=1S/C23H29NO3/c1-2-3-4-5-7-10-18-13-15-20(16-14-18)22(25)24-21(23(26)27)17-19-11-8-6-9-12-19/h6,8-9,11-16,21H,2-5,7,10,17H2,1H3,(H,24,25)(H,26,27). The maximum absolute atomic E-state index is 12.4. The van der Waals surface area contributed by atoms with Crippen molar-refractivity contribution in [1.29, 1.82) is 0 Å². The Labute approximate surface area is 161 Å². The topological polar surface area (TPSA) is 66.4 Å². The number of carbonyl (C=O) groups is 2. The zero-order valence-corrected chi connectivity index (χ0v) is 16.0. The van der Waals surface area contributed by atoms with Gasteiger partial charge in [0.15, 0.2) is 0 Å². The molecule has 144 valence electrons. The Morgan fingerprint density at radius 3 is 2.19 bits per heavy atom. The quantitative estimate of drug-likeness (QED) is 0.569. The van der Waals surface area contributed by atoms with Crippen LogP contribution in [0.3, 0.4) is 0 Å². The fraction of sp³-hybridized carbons (Fsp3) is 0.391. The van der Waals surface area contributed by atoms with E-state index in [4.69, 9.17) is 0 Å². The molecule has 27 heavy (non-hydrogen) atoms. The Morgan fingerprint density at radius 1 is 0.889 bits per heavy atom. The van der Waals surface area contributed by atoms with Gasteiger partial charge < -0.3 is 10.4 Å². The molecule has 0 spiro atoms. The van der Waals surface area contributed by atoms with Crippen molar-refractivity contribution in [2.75, 3.05) is 0 Å². The Morgan fingerprint density at radius 2 is 1.56 bits per heavy atom. The van der Waals surface area contributed by atoms with E-state index in [9.17, 15) is 14.7 Å². The van der Waals surface area contributed by atoms with Gasteiger partial charge in [0.2, 0.25) is 0 Å². The van der Waals surface area contributed by atoms with Gasteiger partial charge in [0.05, 0.1) is 0 Å². The summed E-state index contributed by atoms with van der Waals surface area (Å²) in [6.45, 7) is 2.21. The fourth-order valence-electron chi connectivity index (χ4n) is 3.05. The third-order valence-electron chi connectivity index (χ3n) is 4.67. The summed E-state index contributed by atoms with van der Waals surface area (Å²) in [5.74, 6) is -1.39. The van der Waals surface area contributed by atoms with E-state index in [1.807, 2.05) is 42.5 Å². The largest absolute Gasteiger partial charge is 0.480 e. The van der Waals surface area contributed by atoms with Crippen LogP contribution in [-0.4, -0.2) is 23.0 Å². The summed E-state index contributed by atoms with van der Waals surface area (Å²) in [5, 5.41) is 12.0. The summed E-state index contributed by atoms with van der Waals surface area (Å²) in [6.07, 6.45) is 7.46. The average molecular weight is 367 g/mol. The van der Waals surface area contributed by atoms with Crippen LogP contribution in [-0.2, 0) is 17.6 Å². The van der Waals surface area contributed by atoms with Crippen LogP contribution in [0.25, 0.3) is 0 Å². The highest BCUT2D eigenvalue weighted by molar-refractivity contribution is 5.96. The molecule has 0 radical (unpaired) electrons. The highest BCUT2D eigenvalue weighted by Crippen LogP contribution is 2.11. The molecule has 0 aliphatic carbocycles. The lowest BCUT2D eigenvalue weighted by molar-refractivity contribution is -0.139. The van der Waals surface area contributed by atoms with E-state index < -0.39 is 12.0 Å². The third kappa shape index (κ3) is 7.26. The second kappa shape index (κ2) is 11.2. The molecule has 0 bridgehead atoms. The van der Waals surface area contributed by atoms with Crippen LogP contribution in [0.15, 0.2) is 54.6 Å². The van der Waals surface area contributed by atoms with Crippen LogP contribution in [0.2, 0.25) is 0 Å². The Balaban J connectivity index is 1.88. The highest BCUT2D eigenvalue weighted by Gasteiger charge is 2.21. The number of hydrogen-bond donors (Lipinski definition) is 2. The van der Waals surface area contributed by atoms with Gasteiger partial charge in [0.1, 0.15) is 6.04 Å². The van der Waals surface area contributed by atoms with Crippen molar-refractivity contribution in [3.63, 3.8) is 0 Å². The van der Waals surface area contributed by atoms with Crippen LogP contribution in [0.4, 0.5) is 0 Å². The van der Waals surface area contributed by atoms with Gasteiger partial charge in [-0.25, -0.2) is 4.79 Å². The van der Waals surface area contributed by atoms with E-state index in [1.54, 1.807) is 12.1 Å². The van der Waals surface area contributed by atoms with E-state index in [0.717, 1.165) is 18.4 Å². The van der Waals surface area contributed by atoms with Crippen LogP contribution in [0, 0.1) is 0 Å². The van der Waals surface area contributed by atoms with Crippen molar-refractivity contribution >= 4 is 11.9 Å². The predicted molar refractivity (Wildman–Crippen MR) is 108 cm³/mol. The minimum absolute atomic E-state index is 0.262. The van der Waals surface area contributed by atoms with Crippen molar-refractivity contribution in [3.8, 4) is 0 Å². The van der Waals surface area contributed by atoms with E-state index >= 15 is 0 Å². The number of rotatable bonds is 11. The molecule has 2 aromatic carbocycles. The van der Waals surface area contributed by atoms with Gasteiger partial charge in [0, 0.05) is 12.0 Å². The SMILES string of the molecule is CCCCCCCc1ccc(C(=O)NC(Cc2ccccc2)C(=O)O)cc1. The number of nitrogens with one attached hydrogen (secondary N) is 1. The number of carbonyl (C=O) groups excluding carboxylic acids is 1. The Bertz CT molecular complexity index is 710. The van der Waals surface area contributed by atoms with Gasteiger partial charge in [0.25, 0.3) is 5.91 Å². The van der Waals surface area contributed by atoms with E-state index in [-0.39, 0.29) is 12.3 Å². The smallest absolute Gasteiger partial charge is 0.326 e. The zero-order chi connectivity index (χ0) is 19.5. The van der Waals surface area contributed by atoms with Gasteiger partial charge in [-0.3, -0.25) is 4.79 Å². The molecule has 4 heteroatoms. The number of carboxylic acid groups (broad SMARTS) is 1. The summed E-state index contributed by atoms with van der Waals surface area (Å²) in [7, 11) is 0. The van der Waals surface area contributed by atoms with Crippen molar-refractivity contribution in [1.82, 2.24) is 5.32 Å². The number of aliphatic carboxylic acids is 1. The first kappa shape index (κ1) is 20.7. The Hall–Kier alpha value is -2.62. The number of hydrogen-bond acceptors (Lipinski definition) is 2. The van der Waals surface area contributed by atoms with Crippen molar-refractivity contribution in [2.24, 2.45) is 0 Å². The molecule has 1 unspecified atom stereocenters. The molecule has 2 rings (SSSR count). The molecule has 0 aromatic heterocycles. The third-order valence-corrected chi connectivity index (χ3v) is 4.67. The molecular formula is C23H29NO3. The molecular weight excluding hydrogens is 338 g/mol. The number of aryl methyl sites for hydroxylation is 1. The molecule has 2 N–H and O–H groups in total. The maximum atomic E-state index is 12.4. The van der Waals surface area contributed by atoms with Crippen LogP contribution < -0.4 is 5.32 Å². The molecule has 0 aliphatic rings. The van der Waals surface area contributed by atoms with Gasteiger partial charge in [-0.1, -0.05) is 75.1 Å². The predicted octanol–water partition coefficient (Wildman–Crippen LogP) is 4.63. The molecule has 2 aromatic rings. The summed E-state index contributed by atoms with van der Waals surface area (Å²) in [6, 6.07) is 15.8. The van der Waals surface area contributed by atoms with Gasteiger partial charge in [-0.2, -0.15) is 0 Å². The summed E-state index contributed by atoms with van der Waals surface area (Å²) in [5.41, 5.74) is 2.58. The van der Waals surface area contributed by atoms with Crippen LogP contribution >= 0.6 is 0 Å². The molecule has 0 heterocycles. The lowest BCUT2D eigenvalue weighted by atomic mass is 10.0. The van der Waals surface area contributed by atoms with Gasteiger partial charge in [-0.05, 0) is 36.1 Å². The number of unbranched alkanes of at least 4 members (excludes halogenated alkanes) is 4. The second-order valence-electron chi connectivity index (χ2n) is 6.92. The normalized spacial score (nSPS) is 11.7. The first-order valence-corrected chi connectivity index (χ1v) is 9.76. The van der Waals surface area contributed by atoms with Crippen LogP contribution in [0.1, 0.15) is 60.5 Å². The summed E-state index contributed by atoms with van der Waals surface area (Å²) >= 11 is 0. The fourth-order valence-corrected chi connectivity index (χ4v) is 3.05. The molecule has 4 nitrogen and oxygen atoms in total. The van der Waals surface area contributed by atoms with Gasteiger partial charge >= 0.3 is 5.97 Å². The summed E-state index contributed by atoms with van der Waals surface area (Å²) in [4.78, 5) is 23.9. The lowest BCUT2D eigenvalue weighted by Gasteiger charge is -2.15. The first-order chi connectivity index (χ1) is 13.1. The zero-order valence-electron chi connectivity index (χ0n) is 16.0. The number of amides is 1. The highest BCUT2D eigenvalue weighted by atomic mass is 16.4. The van der Waals surface area contributed by atoms with E-state index in [2.05, 4.69) is 12.2 Å². The minimum Gasteiger partial charge on any atom is -0.480 e. The monoisotopic (exact) mass is 367 g/mol. The van der Waals surface area contributed by atoms with Crippen molar-refractivity contribution in [2.45, 2.75) is 57.9 Å². The molecule has 0 aliphatic heterocycles. The van der Waals surface area contributed by atoms with Gasteiger partial charge in [-0.15, -0.1) is 0 Å². The second-order valence-corrected chi connectivity index (χ2v) is 6.92. The number of benzene rings is 2. The minimum atomic E-state index is -1.03. The van der Waals surface area contributed by atoms with E-state index in [1.165, 1.54) is 31.2 Å². The lowest BCUT2D eigenvalue weighted by Crippen LogP contribution is -2.42. The summed E-state index contributed by atoms with van der Waals surface area (Å²) < 4.78 is 0. The van der Waals surface area contributed by atoms with Crippen LogP contribution in [0.5, 0.6) is 0 Å². The molecule has 0 saturated carbocycles. The molecule has 1 atom stereocenters. The van der Waals surface area contributed by atoms with Crippen molar-refractivity contribution < 1.29 is 14.7 Å².